The van der Waals surface area contributed by atoms with E-state index < -0.39 is 16.2 Å². The Kier molecular flexibility index (Phi) is 7.34. The molecule has 1 amide bonds. The lowest BCUT2D eigenvalue weighted by molar-refractivity contribution is 0.143. The van der Waals surface area contributed by atoms with Crippen LogP contribution in [0.5, 0.6) is 0 Å². The van der Waals surface area contributed by atoms with E-state index in [9.17, 15) is 13.2 Å². The number of ether oxygens (including phenoxy) is 1. The van der Waals surface area contributed by atoms with Crippen LogP contribution in [-0.4, -0.2) is 33.9 Å². The molecule has 4 rings (SSSR count). The number of rotatable bonds is 9. The van der Waals surface area contributed by atoms with E-state index in [2.05, 4.69) is 29.6 Å². The van der Waals surface area contributed by atoms with E-state index >= 15 is 0 Å². The van der Waals surface area contributed by atoms with Crippen molar-refractivity contribution in [2.75, 3.05) is 19.4 Å². The van der Waals surface area contributed by atoms with Gasteiger partial charge in [0.1, 0.15) is 6.61 Å². The van der Waals surface area contributed by atoms with Crippen LogP contribution in [0.15, 0.2) is 66.7 Å². The minimum absolute atomic E-state index is 0.00958. The Bertz CT molecular complexity index is 1240. The molecule has 0 aliphatic heterocycles. The Morgan fingerprint density at radius 2 is 1.59 bits per heavy atom. The van der Waals surface area contributed by atoms with Crippen molar-refractivity contribution in [2.24, 2.45) is 0 Å². The van der Waals surface area contributed by atoms with Crippen LogP contribution in [0, 0.1) is 0 Å². The molecule has 34 heavy (non-hydrogen) atoms. The molecule has 7 heteroatoms. The van der Waals surface area contributed by atoms with Gasteiger partial charge in [0.05, 0.1) is 12.9 Å². The fraction of sp³-hybridized carbons (Fsp3) is 0.296. The average Bonchev–Trinajstić information content (AvgIpc) is 3.15. The first-order chi connectivity index (χ1) is 16.4. The van der Waals surface area contributed by atoms with Gasteiger partial charge in [0, 0.05) is 12.5 Å². The zero-order valence-corrected chi connectivity index (χ0v) is 20.2. The largest absolute Gasteiger partial charge is 0.449 e. The third kappa shape index (κ3) is 5.66. The highest BCUT2D eigenvalue weighted by molar-refractivity contribution is 7.85. The zero-order chi connectivity index (χ0) is 24.1. The van der Waals surface area contributed by atoms with Crippen molar-refractivity contribution >= 4 is 16.2 Å². The number of fused-ring (bicyclic) bond motifs is 3. The molecule has 0 aromatic heterocycles. The molecule has 3 aromatic carbocycles. The maximum absolute atomic E-state index is 12.4. The van der Waals surface area contributed by atoms with Gasteiger partial charge in [-0.2, -0.15) is 8.42 Å². The van der Waals surface area contributed by atoms with Crippen molar-refractivity contribution in [3.8, 4) is 11.1 Å². The lowest BCUT2D eigenvalue weighted by Gasteiger charge is -2.15. The van der Waals surface area contributed by atoms with Crippen LogP contribution in [0.1, 0.15) is 40.7 Å². The van der Waals surface area contributed by atoms with Crippen LogP contribution in [0.25, 0.3) is 11.1 Å². The quantitative estimate of drug-likeness (QED) is 0.446. The van der Waals surface area contributed by atoms with Gasteiger partial charge in [-0.1, -0.05) is 73.7 Å². The van der Waals surface area contributed by atoms with E-state index in [1.54, 1.807) is 0 Å². The molecule has 0 unspecified atom stereocenters. The molecule has 1 aliphatic carbocycles. The number of nitrogens with one attached hydrogen (secondary N) is 1. The molecule has 0 heterocycles. The third-order valence-electron chi connectivity index (χ3n) is 6.11. The molecule has 3 aromatic rings. The minimum Gasteiger partial charge on any atom is -0.449 e. The van der Waals surface area contributed by atoms with E-state index in [1.165, 1.54) is 22.3 Å². The Hall–Kier alpha value is -3.16. The summed E-state index contributed by atoms with van der Waals surface area (Å²) in [5, 5.41) is 2.82. The van der Waals surface area contributed by atoms with E-state index in [1.807, 2.05) is 49.4 Å². The molecule has 6 nitrogen and oxygen atoms in total. The summed E-state index contributed by atoms with van der Waals surface area (Å²) in [6.07, 6.45) is 1.97. The van der Waals surface area contributed by atoms with Gasteiger partial charge in [0.25, 0.3) is 10.1 Å². The molecular formula is C27H29NO5S. The second-order valence-electron chi connectivity index (χ2n) is 8.43. The number of hydrogen-bond acceptors (Lipinski definition) is 5. The fourth-order valence-corrected chi connectivity index (χ4v) is 4.78. The van der Waals surface area contributed by atoms with Gasteiger partial charge in [-0.3, -0.25) is 4.18 Å². The summed E-state index contributed by atoms with van der Waals surface area (Å²) in [7, 11) is -3.51. The highest BCUT2D eigenvalue weighted by atomic mass is 32.2. The number of benzene rings is 3. The summed E-state index contributed by atoms with van der Waals surface area (Å²) in [5.41, 5.74) is 7.61. The summed E-state index contributed by atoms with van der Waals surface area (Å²) in [6.45, 7) is 2.71. The van der Waals surface area contributed by atoms with E-state index in [0.29, 0.717) is 13.0 Å². The molecule has 0 bridgehead atoms. The first-order valence-electron chi connectivity index (χ1n) is 11.4. The van der Waals surface area contributed by atoms with Crippen molar-refractivity contribution in [3.05, 3.63) is 94.5 Å². The van der Waals surface area contributed by atoms with Gasteiger partial charge >= 0.3 is 6.09 Å². The Morgan fingerprint density at radius 3 is 2.21 bits per heavy atom. The van der Waals surface area contributed by atoms with Crippen molar-refractivity contribution in [3.63, 3.8) is 0 Å². The maximum Gasteiger partial charge on any atom is 0.407 e. The molecule has 0 fully saturated rings. The number of amides is 1. The van der Waals surface area contributed by atoms with E-state index in [-0.39, 0.29) is 19.1 Å². The smallest absolute Gasteiger partial charge is 0.407 e. The van der Waals surface area contributed by atoms with Crippen molar-refractivity contribution < 1.29 is 22.1 Å². The van der Waals surface area contributed by atoms with Crippen LogP contribution in [0.3, 0.4) is 0 Å². The van der Waals surface area contributed by atoms with Gasteiger partial charge in [-0.05, 0) is 51.8 Å². The molecule has 0 radical (unpaired) electrons. The first-order valence-corrected chi connectivity index (χ1v) is 13.2. The van der Waals surface area contributed by atoms with Crippen molar-refractivity contribution in [2.45, 2.75) is 32.3 Å². The minimum atomic E-state index is -3.51. The zero-order valence-electron chi connectivity index (χ0n) is 19.4. The van der Waals surface area contributed by atoms with E-state index in [0.717, 1.165) is 29.4 Å². The predicted molar refractivity (Wildman–Crippen MR) is 132 cm³/mol. The molecular weight excluding hydrogens is 450 g/mol. The SMILES string of the molecule is CCc1ccc(CCNC(=O)OCC2c3ccccc3-c3ccccc32)cc1COS(C)(=O)=O. The van der Waals surface area contributed by atoms with Crippen LogP contribution < -0.4 is 5.32 Å². The van der Waals surface area contributed by atoms with Crippen molar-refractivity contribution in [1.82, 2.24) is 5.32 Å². The average molecular weight is 480 g/mol. The second kappa shape index (κ2) is 10.4. The topological polar surface area (TPSA) is 81.7 Å². The highest BCUT2D eigenvalue weighted by Crippen LogP contribution is 2.44. The molecule has 0 atom stereocenters. The summed E-state index contributed by atoms with van der Waals surface area (Å²) in [5.74, 6) is 0.0251. The summed E-state index contributed by atoms with van der Waals surface area (Å²) in [6, 6.07) is 22.4. The standard InChI is InChI=1S/C27H29NO5S/c1-3-20-13-12-19(16-21(20)17-33-34(2,30)31)14-15-28-27(29)32-18-26-24-10-6-4-8-22(24)23-9-5-7-11-25(23)26/h4-13,16,26H,3,14-15,17-18H2,1-2H3,(H,28,29). The van der Waals surface area contributed by atoms with Gasteiger partial charge in [-0.15, -0.1) is 0 Å². The Balaban J connectivity index is 1.31. The number of hydrogen-bond donors (Lipinski definition) is 1. The second-order valence-corrected chi connectivity index (χ2v) is 10.1. The molecule has 1 N–H and O–H groups in total. The maximum atomic E-state index is 12.4. The van der Waals surface area contributed by atoms with Crippen LogP contribution in [0.4, 0.5) is 4.79 Å². The van der Waals surface area contributed by atoms with E-state index in [4.69, 9.17) is 8.92 Å². The normalized spacial score (nSPS) is 12.8. The predicted octanol–water partition coefficient (Wildman–Crippen LogP) is 4.81. The molecule has 0 saturated heterocycles. The summed E-state index contributed by atoms with van der Waals surface area (Å²) < 4.78 is 33.2. The Morgan fingerprint density at radius 1 is 0.941 bits per heavy atom. The fourth-order valence-electron chi connectivity index (χ4n) is 4.44. The Labute approximate surface area is 201 Å². The summed E-state index contributed by atoms with van der Waals surface area (Å²) >= 11 is 0. The van der Waals surface area contributed by atoms with Gasteiger partial charge in [0.2, 0.25) is 0 Å². The highest BCUT2D eigenvalue weighted by Gasteiger charge is 2.28. The lowest BCUT2D eigenvalue weighted by atomic mass is 9.98. The molecule has 178 valence electrons. The number of alkyl carbamates (subject to hydrolysis) is 1. The van der Waals surface area contributed by atoms with Crippen LogP contribution in [-0.2, 0) is 38.5 Å². The van der Waals surface area contributed by atoms with Gasteiger partial charge < -0.3 is 10.1 Å². The number of carbonyl (C=O) groups excluding carboxylic acids is 1. The summed E-state index contributed by atoms with van der Waals surface area (Å²) in [4.78, 5) is 12.4. The number of carbonyl (C=O) groups is 1. The number of aryl methyl sites for hydroxylation is 1. The van der Waals surface area contributed by atoms with Gasteiger partial charge in [-0.25, -0.2) is 4.79 Å². The molecule has 0 spiro atoms. The third-order valence-corrected chi connectivity index (χ3v) is 6.65. The molecule has 0 saturated carbocycles. The van der Waals surface area contributed by atoms with Crippen LogP contribution >= 0.6 is 0 Å². The lowest BCUT2D eigenvalue weighted by Crippen LogP contribution is -2.28. The van der Waals surface area contributed by atoms with Crippen molar-refractivity contribution in [1.29, 1.82) is 0 Å². The first kappa shape index (κ1) is 24.0. The monoisotopic (exact) mass is 479 g/mol. The molecule has 1 aliphatic rings. The van der Waals surface area contributed by atoms with Crippen LogP contribution in [0.2, 0.25) is 0 Å². The van der Waals surface area contributed by atoms with Gasteiger partial charge in [0.15, 0.2) is 0 Å².